The van der Waals surface area contributed by atoms with E-state index in [0.29, 0.717) is 50.0 Å². The van der Waals surface area contributed by atoms with Crippen molar-refractivity contribution in [3.63, 3.8) is 0 Å². The Labute approximate surface area is 215 Å². The molecule has 1 atom stereocenters. The highest BCUT2D eigenvalue weighted by Gasteiger charge is 2.23. The van der Waals surface area contributed by atoms with Gasteiger partial charge in [0, 0.05) is 44.8 Å². The van der Waals surface area contributed by atoms with E-state index in [1.165, 1.54) is 0 Å². The van der Waals surface area contributed by atoms with Gasteiger partial charge in [-0.3, -0.25) is 4.79 Å². The van der Waals surface area contributed by atoms with E-state index in [1.807, 2.05) is 13.1 Å². The molecule has 3 aromatic rings. The number of aryl methyl sites for hydroxylation is 1. The molecule has 2 amide bonds. The number of amides is 2. The van der Waals surface area contributed by atoms with Crippen LogP contribution in [0.25, 0.3) is 5.65 Å². The zero-order valence-electron chi connectivity index (χ0n) is 21.4. The number of nitrogens with two attached hydrogens (primary N) is 1. The fourth-order valence-corrected chi connectivity index (χ4v) is 4.55. The Bertz CT molecular complexity index is 1270. The van der Waals surface area contributed by atoms with Crippen LogP contribution < -0.4 is 21.3 Å². The van der Waals surface area contributed by atoms with Gasteiger partial charge < -0.3 is 31.3 Å². The van der Waals surface area contributed by atoms with Crippen LogP contribution >= 0.6 is 0 Å². The molecule has 1 unspecified atom stereocenters. The van der Waals surface area contributed by atoms with Crippen molar-refractivity contribution in [3.8, 4) is 0 Å². The van der Waals surface area contributed by atoms with Gasteiger partial charge in [0.2, 0.25) is 11.9 Å². The quantitative estimate of drug-likeness (QED) is 0.331. The molecule has 4 heterocycles. The molecule has 198 valence electrons. The number of fused-ring (bicyclic) bond motifs is 1. The zero-order chi connectivity index (χ0) is 26.5. The summed E-state index contributed by atoms with van der Waals surface area (Å²) in [5.74, 6) is 1.46. The van der Waals surface area contributed by atoms with Crippen LogP contribution in [0.5, 0.6) is 0 Å². The van der Waals surface area contributed by atoms with E-state index in [-0.39, 0.29) is 18.5 Å². The maximum absolute atomic E-state index is 12.2. The maximum Gasteiger partial charge on any atom is 0.405 e. The molecule has 1 aliphatic heterocycles. The number of hydrogen-bond donors (Lipinski definition) is 4. The molecule has 5 N–H and O–H groups in total. The molecular formula is C24H34N10O3. The number of carbonyl (C=O) groups is 2. The summed E-state index contributed by atoms with van der Waals surface area (Å²) < 4.78 is 1.74. The normalized spacial score (nSPS) is 14.6. The summed E-state index contributed by atoms with van der Waals surface area (Å²) >= 11 is 0. The first-order chi connectivity index (χ1) is 17.7. The van der Waals surface area contributed by atoms with Gasteiger partial charge in [-0.2, -0.15) is 4.98 Å². The van der Waals surface area contributed by atoms with Crippen molar-refractivity contribution in [2.24, 2.45) is 0 Å². The van der Waals surface area contributed by atoms with Crippen LogP contribution in [0.2, 0.25) is 0 Å². The average Bonchev–Trinajstić information content (AvgIpc) is 3.26. The minimum absolute atomic E-state index is 0.212. The van der Waals surface area contributed by atoms with Gasteiger partial charge in [-0.1, -0.05) is 19.4 Å². The number of imidazole rings is 1. The van der Waals surface area contributed by atoms with E-state index in [0.717, 1.165) is 35.5 Å². The fraction of sp³-hybridized carbons (Fsp3) is 0.500. The van der Waals surface area contributed by atoms with Crippen LogP contribution in [0, 0.1) is 6.92 Å². The summed E-state index contributed by atoms with van der Waals surface area (Å²) in [6.07, 6.45) is 5.05. The Morgan fingerprint density at radius 1 is 1.19 bits per heavy atom. The van der Waals surface area contributed by atoms with E-state index < -0.39 is 6.09 Å². The van der Waals surface area contributed by atoms with Gasteiger partial charge in [0.05, 0.1) is 11.9 Å². The van der Waals surface area contributed by atoms with Gasteiger partial charge in [0.1, 0.15) is 12.4 Å². The predicted octanol–water partition coefficient (Wildman–Crippen LogP) is 1.52. The van der Waals surface area contributed by atoms with Crippen molar-refractivity contribution >= 4 is 35.2 Å². The zero-order valence-corrected chi connectivity index (χ0v) is 21.4. The van der Waals surface area contributed by atoms with Crippen LogP contribution in [-0.2, 0) is 11.2 Å². The SMILES string of the molecule is CCCC(C)Nc1nc(N)c2ncc(Cc3cnc(N4CCN(C(=O)CNC(=O)O)CC4)c(C)c3)n2n1. The third-order valence-corrected chi connectivity index (χ3v) is 6.37. The maximum atomic E-state index is 12.2. The number of anilines is 3. The molecule has 0 saturated carbocycles. The van der Waals surface area contributed by atoms with Gasteiger partial charge in [-0.15, -0.1) is 5.10 Å². The Balaban J connectivity index is 1.43. The number of piperazine rings is 1. The molecule has 13 heteroatoms. The van der Waals surface area contributed by atoms with Crippen LogP contribution in [0.4, 0.5) is 22.4 Å². The number of aromatic nitrogens is 5. The molecule has 1 saturated heterocycles. The Kier molecular flexibility index (Phi) is 7.89. The van der Waals surface area contributed by atoms with Gasteiger partial charge >= 0.3 is 6.09 Å². The van der Waals surface area contributed by atoms with Gasteiger partial charge in [0.25, 0.3) is 0 Å². The lowest BCUT2D eigenvalue weighted by atomic mass is 10.1. The summed E-state index contributed by atoms with van der Waals surface area (Å²) in [7, 11) is 0. The van der Waals surface area contributed by atoms with Crippen molar-refractivity contribution in [2.45, 2.75) is 46.1 Å². The topological polar surface area (TPSA) is 167 Å². The number of carboxylic acid groups (broad SMARTS) is 1. The van der Waals surface area contributed by atoms with Crippen LogP contribution in [0.1, 0.15) is 43.5 Å². The van der Waals surface area contributed by atoms with Crippen molar-refractivity contribution in [1.29, 1.82) is 0 Å². The highest BCUT2D eigenvalue weighted by molar-refractivity contribution is 5.82. The number of nitrogens with zero attached hydrogens (tertiary/aromatic N) is 7. The molecule has 3 aromatic heterocycles. The van der Waals surface area contributed by atoms with Gasteiger partial charge in [-0.25, -0.2) is 19.3 Å². The molecule has 0 aromatic carbocycles. The van der Waals surface area contributed by atoms with Crippen molar-refractivity contribution in [2.75, 3.05) is 48.7 Å². The molecule has 1 fully saturated rings. The largest absolute Gasteiger partial charge is 0.465 e. The van der Waals surface area contributed by atoms with Gasteiger partial charge in [-0.05, 0) is 31.4 Å². The monoisotopic (exact) mass is 510 g/mol. The van der Waals surface area contributed by atoms with E-state index in [1.54, 1.807) is 15.6 Å². The molecule has 0 aliphatic carbocycles. The number of pyridine rings is 1. The lowest BCUT2D eigenvalue weighted by Gasteiger charge is -2.36. The Morgan fingerprint density at radius 2 is 1.95 bits per heavy atom. The van der Waals surface area contributed by atoms with Gasteiger partial charge in [0.15, 0.2) is 11.5 Å². The van der Waals surface area contributed by atoms with E-state index in [2.05, 4.69) is 50.5 Å². The lowest BCUT2D eigenvalue weighted by molar-refractivity contribution is -0.130. The highest BCUT2D eigenvalue weighted by Crippen LogP contribution is 2.22. The van der Waals surface area contributed by atoms with Crippen molar-refractivity contribution in [3.05, 3.63) is 35.3 Å². The molecule has 0 radical (unpaired) electrons. The van der Waals surface area contributed by atoms with Crippen LogP contribution in [0.3, 0.4) is 0 Å². The van der Waals surface area contributed by atoms with Crippen molar-refractivity contribution in [1.82, 2.24) is 34.8 Å². The summed E-state index contributed by atoms with van der Waals surface area (Å²) in [6, 6.07) is 2.33. The smallest absolute Gasteiger partial charge is 0.405 e. The number of carbonyl (C=O) groups excluding carboxylic acids is 1. The number of rotatable bonds is 9. The van der Waals surface area contributed by atoms with E-state index in [4.69, 9.17) is 15.8 Å². The van der Waals surface area contributed by atoms with Crippen LogP contribution in [0.15, 0.2) is 18.5 Å². The second-order valence-electron chi connectivity index (χ2n) is 9.33. The summed E-state index contributed by atoms with van der Waals surface area (Å²) in [5, 5.41) is 18.8. The summed E-state index contributed by atoms with van der Waals surface area (Å²) in [5.41, 5.74) is 9.60. The predicted molar refractivity (Wildman–Crippen MR) is 140 cm³/mol. The lowest BCUT2D eigenvalue weighted by Crippen LogP contribution is -2.51. The number of nitrogens with one attached hydrogen (secondary N) is 2. The first-order valence-electron chi connectivity index (χ1n) is 12.5. The standard InChI is InChI=1S/C24H34N10O3/c1-4-5-16(3)29-23-30-20(25)22-27-13-18(34(22)31-23)11-17-10-15(2)21(26-12-17)33-8-6-32(7-9-33)19(35)14-28-24(36)37/h10,12-13,16,28H,4-9,11,14H2,1-3H3,(H,36,37)(H3,25,29,30,31). The molecule has 0 bridgehead atoms. The molecular weight excluding hydrogens is 476 g/mol. The number of hydrogen-bond acceptors (Lipinski definition) is 9. The Hall–Kier alpha value is -4.16. The first-order valence-corrected chi connectivity index (χ1v) is 12.5. The molecule has 4 rings (SSSR count). The average molecular weight is 511 g/mol. The third-order valence-electron chi connectivity index (χ3n) is 6.37. The Morgan fingerprint density at radius 3 is 2.62 bits per heavy atom. The molecule has 1 aliphatic rings. The second-order valence-corrected chi connectivity index (χ2v) is 9.33. The first kappa shape index (κ1) is 25.9. The van der Waals surface area contributed by atoms with Crippen LogP contribution in [-0.4, -0.2) is 85.3 Å². The van der Waals surface area contributed by atoms with Crippen molar-refractivity contribution < 1.29 is 14.7 Å². The fourth-order valence-electron chi connectivity index (χ4n) is 4.55. The molecule has 37 heavy (non-hydrogen) atoms. The summed E-state index contributed by atoms with van der Waals surface area (Å²) in [6.45, 7) is 8.31. The third kappa shape index (κ3) is 6.16. The molecule has 13 nitrogen and oxygen atoms in total. The summed E-state index contributed by atoms with van der Waals surface area (Å²) in [4.78, 5) is 40.1. The highest BCUT2D eigenvalue weighted by atomic mass is 16.4. The minimum Gasteiger partial charge on any atom is -0.465 e. The molecule has 0 spiro atoms. The minimum atomic E-state index is -1.20. The number of nitrogen functional groups attached to an aromatic ring is 1. The second kappa shape index (κ2) is 11.3. The van der Waals surface area contributed by atoms with E-state index >= 15 is 0 Å². The van der Waals surface area contributed by atoms with E-state index in [9.17, 15) is 9.59 Å².